The van der Waals surface area contributed by atoms with Gasteiger partial charge in [0.25, 0.3) is 0 Å². The molecule has 0 aliphatic carbocycles. The number of nitrogens with one attached hydrogen (secondary N) is 1. The van der Waals surface area contributed by atoms with Crippen LogP contribution in [-0.4, -0.2) is 64.2 Å². The second-order valence-electron chi connectivity index (χ2n) is 8.30. The van der Waals surface area contributed by atoms with E-state index in [9.17, 15) is 18.0 Å². The van der Waals surface area contributed by atoms with Crippen LogP contribution in [0, 0.1) is 0 Å². The van der Waals surface area contributed by atoms with E-state index in [-0.39, 0.29) is 29.9 Å². The molecule has 0 heterocycles. The highest BCUT2D eigenvalue weighted by atomic mass is 79.9. The number of ether oxygens (including phenoxy) is 2. The number of hydrogen-bond donors (Lipinski definition) is 1. The summed E-state index contributed by atoms with van der Waals surface area (Å²) in [6.45, 7) is 4.84. The average Bonchev–Trinajstić information content (AvgIpc) is 2.78. The van der Waals surface area contributed by atoms with E-state index < -0.39 is 28.5 Å². The van der Waals surface area contributed by atoms with Crippen molar-refractivity contribution in [1.29, 1.82) is 0 Å². The fourth-order valence-electron chi connectivity index (χ4n) is 3.41. The van der Waals surface area contributed by atoms with Gasteiger partial charge in [0.05, 0.1) is 26.2 Å². The first-order valence-corrected chi connectivity index (χ1v) is 13.6. The molecule has 11 heteroatoms. The lowest BCUT2D eigenvalue weighted by molar-refractivity contribution is -0.139. The largest absolute Gasteiger partial charge is 0.497 e. The third-order valence-electron chi connectivity index (χ3n) is 5.17. The fraction of sp³-hybridized carbons (Fsp3) is 0.417. The molecule has 0 fully saturated rings. The molecule has 2 aromatic carbocycles. The summed E-state index contributed by atoms with van der Waals surface area (Å²) in [4.78, 5) is 27.8. The highest BCUT2D eigenvalue weighted by Gasteiger charge is 2.31. The molecule has 0 unspecified atom stereocenters. The van der Waals surface area contributed by atoms with E-state index in [1.807, 2.05) is 38.1 Å². The Bertz CT molecular complexity index is 1160. The van der Waals surface area contributed by atoms with Crippen molar-refractivity contribution in [1.82, 2.24) is 10.2 Å². The second-order valence-corrected chi connectivity index (χ2v) is 11.1. The first kappa shape index (κ1) is 28.4. The molecule has 0 spiro atoms. The Morgan fingerprint density at radius 2 is 1.74 bits per heavy atom. The van der Waals surface area contributed by atoms with Crippen molar-refractivity contribution in [2.24, 2.45) is 0 Å². The van der Waals surface area contributed by atoms with Crippen molar-refractivity contribution in [2.75, 3.05) is 31.3 Å². The van der Waals surface area contributed by atoms with Gasteiger partial charge < -0.3 is 19.7 Å². The van der Waals surface area contributed by atoms with Crippen LogP contribution in [0.1, 0.15) is 26.3 Å². The number of carbonyl (C=O) groups excluding carboxylic acids is 2. The molecule has 1 atom stereocenters. The third-order valence-corrected chi connectivity index (χ3v) is 6.79. The molecular formula is C24H32BrN3O6S. The summed E-state index contributed by atoms with van der Waals surface area (Å²) in [6, 6.07) is 11.1. The van der Waals surface area contributed by atoms with Crippen LogP contribution in [0.4, 0.5) is 5.69 Å². The van der Waals surface area contributed by atoms with Crippen LogP contribution in [0.25, 0.3) is 0 Å². The lowest BCUT2D eigenvalue weighted by atomic mass is 10.1. The highest BCUT2D eigenvalue weighted by molar-refractivity contribution is 9.10. The first-order valence-electron chi connectivity index (χ1n) is 10.9. The number of amides is 2. The second kappa shape index (κ2) is 12.3. The zero-order chi connectivity index (χ0) is 26.3. The van der Waals surface area contributed by atoms with Gasteiger partial charge in [-0.15, -0.1) is 0 Å². The summed E-state index contributed by atoms with van der Waals surface area (Å²) in [6.07, 6.45) is 1.01. The van der Waals surface area contributed by atoms with Crippen LogP contribution in [0.5, 0.6) is 11.5 Å². The zero-order valence-corrected chi connectivity index (χ0v) is 23.1. The van der Waals surface area contributed by atoms with E-state index in [2.05, 4.69) is 21.2 Å². The summed E-state index contributed by atoms with van der Waals surface area (Å²) >= 11 is 3.42. The Kier molecular flexibility index (Phi) is 9.96. The van der Waals surface area contributed by atoms with Crippen LogP contribution in [-0.2, 0) is 26.2 Å². The lowest BCUT2D eigenvalue weighted by Gasteiger charge is -2.32. The van der Waals surface area contributed by atoms with Gasteiger partial charge in [-0.1, -0.05) is 28.1 Å². The SMILES string of the molecule is COc1ccc(OC)c(N(CC(=O)N(Cc2cccc(Br)c2)[C@H](C)C(=O)NC(C)C)S(C)(=O)=O)c1. The minimum absolute atomic E-state index is 0.109. The van der Waals surface area contributed by atoms with Gasteiger partial charge in [0.15, 0.2) is 0 Å². The molecule has 2 amide bonds. The van der Waals surface area contributed by atoms with Gasteiger partial charge in [-0.2, -0.15) is 0 Å². The van der Waals surface area contributed by atoms with Gasteiger partial charge in [0.1, 0.15) is 24.1 Å². The number of benzene rings is 2. The Labute approximate surface area is 215 Å². The van der Waals surface area contributed by atoms with Crippen molar-refractivity contribution < 1.29 is 27.5 Å². The zero-order valence-electron chi connectivity index (χ0n) is 20.7. The van der Waals surface area contributed by atoms with Crippen LogP contribution < -0.4 is 19.1 Å². The maximum absolute atomic E-state index is 13.6. The van der Waals surface area contributed by atoms with Crippen LogP contribution in [0.2, 0.25) is 0 Å². The topological polar surface area (TPSA) is 105 Å². The minimum Gasteiger partial charge on any atom is -0.497 e. The number of halogens is 1. The summed E-state index contributed by atoms with van der Waals surface area (Å²) in [5.74, 6) is -0.231. The van der Waals surface area contributed by atoms with Crippen molar-refractivity contribution in [3.63, 3.8) is 0 Å². The number of sulfonamides is 1. The number of carbonyl (C=O) groups is 2. The monoisotopic (exact) mass is 569 g/mol. The van der Waals surface area contributed by atoms with Gasteiger partial charge >= 0.3 is 0 Å². The molecule has 0 bridgehead atoms. The molecule has 0 radical (unpaired) electrons. The molecular weight excluding hydrogens is 538 g/mol. The van der Waals surface area contributed by atoms with Crippen LogP contribution >= 0.6 is 15.9 Å². The van der Waals surface area contributed by atoms with E-state index in [1.165, 1.54) is 25.2 Å². The number of rotatable bonds is 11. The van der Waals surface area contributed by atoms with Gasteiger partial charge in [-0.25, -0.2) is 8.42 Å². The van der Waals surface area contributed by atoms with Crippen molar-refractivity contribution in [2.45, 2.75) is 39.4 Å². The Morgan fingerprint density at radius 3 is 2.29 bits per heavy atom. The predicted octanol–water partition coefficient (Wildman–Crippen LogP) is 3.17. The maximum Gasteiger partial charge on any atom is 0.244 e. The normalized spacial score (nSPS) is 12.1. The third kappa shape index (κ3) is 7.86. The van der Waals surface area contributed by atoms with Crippen LogP contribution in [0.15, 0.2) is 46.9 Å². The van der Waals surface area contributed by atoms with Gasteiger partial charge in [0, 0.05) is 23.1 Å². The molecule has 0 aliphatic heterocycles. The number of hydrogen-bond acceptors (Lipinski definition) is 6. The molecule has 0 saturated heterocycles. The Morgan fingerprint density at radius 1 is 1.06 bits per heavy atom. The minimum atomic E-state index is -3.91. The van der Waals surface area contributed by atoms with E-state index >= 15 is 0 Å². The van der Waals surface area contributed by atoms with Gasteiger partial charge in [-0.05, 0) is 50.6 Å². The van der Waals surface area contributed by atoms with E-state index in [0.717, 1.165) is 20.6 Å². The summed E-state index contributed by atoms with van der Waals surface area (Å²) in [7, 11) is -1.04. The summed E-state index contributed by atoms with van der Waals surface area (Å²) in [5.41, 5.74) is 0.936. The molecule has 2 rings (SSSR count). The van der Waals surface area contributed by atoms with Crippen molar-refractivity contribution in [3.05, 3.63) is 52.5 Å². The Hall–Kier alpha value is -2.79. The van der Waals surface area contributed by atoms with E-state index in [0.29, 0.717) is 5.75 Å². The number of methoxy groups -OCH3 is 2. The quantitative estimate of drug-likeness (QED) is 0.445. The smallest absolute Gasteiger partial charge is 0.244 e. The number of anilines is 1. The van der Waals surface area contributed by atoms with Crippen LogP contribution in [0.3, 0.4) is 0 Å². The maximum atomic E-state index is 13.6. The van der Waals surface area contributed by atoms with Gasteiger partial charge in [-0.3, -0.25) is 13.9 Å². The van der Waals surface area contributed by atoms with Crippen molar-refractivity contribution >= 4 is 43.5 Å². The summed E-state index contributed by atoms with van der Waals surface area (Å²) in [5, 5.41) is 2.81. The molecule has 9 nitrogen and oxygen atoms in total. The fourth-order valence-corrected chi connectivity index (χ4v) is 4.70. The molecule has 0 aromatic heterocycles. The molecule has 0 saturated carbocycles. The molecule has 1 N–H and O–H groups in total. The standard InChI is InChI=1S/C24H32BrN3O6S/c1-16(2)26-24(30)17(3)27(14-18-8-7-9-19(25)12-18)23(29)15-28(35(6,31)32)21-13-20(33-4)10-11-22(21)34-5/h7-13,16-17H,14-15H2,1-6H3,(H,26,30)/t17-/m1/s1. The first-order chi connectivity index (χ1) is 16.4. The molecule has 2 aromatic rings. The average molecular weight is 571 g/mol. The van der Waals surface area contributed by atoms with E-state index in [1.54, 1.807) is 19.1 Å². The molecule has 0 aliphatic rings. The Balaban J connectivity index is 2.49. The molecule has 35 heavy (non-hydrogen) atoms. The number of nitrogens with zero attached hydrogens (tertiary/aromatic N) is 2. The summed E-state index contributed by atoms with van der Waals surface area (Å²) < 4.78 is 37.9. The highest BCUT2D eigenvalue weighted by Crippen LogP contribution is 2.34. The lowest BCUT2D eigenvalue weighted by Crippen LogP contribution is -2.52. The van der Waals surface area contributed by atoms with Crippen molar-refractivity contribution in [3.8, 4) is 11.5 Å². The molecule has 192 valence electrons. The predicted molar refractivity (Wildman–Crippen MR) is 139 cm³/mol. The van der Waals surface area contributed by atoms with Gasteiger partial charge in [0.2, 0.25) is 21.8 Å². The van der Waals surface area contributed by atoms with E-state index in [4.69, 9.17) is 9.47 Å².